The van der Waals surface area contributed by atoms with Crippen molar-refractivity contribution < 1.29 is 112 Å². The summed E-state index contributed by atoms with van der Waals surface area (Å²) in [6, 6.07) is 94.0. The first-order valence-electron chi connectivity index (χ1n) is 46.8. The largest absolute Gasteiger partial charge is 0.490 e. The van der Waals surface area contributed by atoms with Crippen LogP contribution in [0.5, 0.6) is 80.5 Å². The molecular formula is C115H120F6N6O20S. The number of aryl methyl sites for hydroxylation is 10. The van der Waals surface area contributed by atoms with Gasteiger partial charge in [-0.1, -0.05) is 182 Å². The van der Waals surface area contributed by atoms with E-state index >= 15 is 0 Å². The van der Waals surface area contributed by atoms with Gasteiger partial charge in [0, 0.05) is 53.9 Å². The van der Waals surface area contributed by atoms with Crippen molar-refractivity contribution in [2.24, 2.45) is 4.99 Å². The molecule has 0 spiro atoms. The minimum atomic E-state index is -4.91. The summed E-state index contributed by atoms with van der Waals surface area (Å²) in [5.41, 5.74) is 30.4. The van der Waals surface area contributed by atoms with E-state index in [1.54, 1.807) is 49.4 Å². The van der Waals surface area contributed by atoms with Crippen LogP contribution in [-0.4, -0.2) is 131 Å². The Morgan fingerprint density at radius 3 is 0.730 bits per heavy atom. The highest BCUT2D eigenvalue weighted by molar-refractivity contribution is 7.78. The Labute approximate surface area is 862 Å². The molecule has 0 aliphatic carbocycles. The van der Waals surface area contributed by atoms with E-state index in [0.717, 1.165) is 102 Å². The minimum Gasteiger partial charge on any atom is -0.490 e. The van der Waals surface area contributed by atoms with Crippen molar-refractivity contribution in [1.29, 1.82) is 0 Å². The molecule has 6 N–H and O–H groups in total. The number of hydrogen-bond acceptors (Lipinski definition) is 25. The highest BCUT2D eigenvalue weighted by Gasteiger charge is 2.39. The molecule has 0 aliphatic heterocycles. The summed E-state index contributed by atoms with van der Waals surface area (Å²) in [5.74, 6) is 5.68. The van der Waals surface area contributed by atoms with E-state index in [2.05, 4.69) is 22.4 Å². The molecule has 0 fully saturated rings. The number of nitro benzene ring substituents is 2. The van der Waals surface area contributed by atoms with Gasteiger partial charge in [0.25, 0.3) is 11.4 Å². The number of carbonyl (C=O) groups excluding carboxylic acids is 2. The second-order valence-corrected chi connectivity index (χ2v) is 32.7. The van der Waals surface area contributed by atoms with Gasteiger partial charge in [0.1, 0.15) is 173 Å². The van der Waals surface area contributed by atoms with E-state index in [1.807, 2.05) is 281 Å². The summed E-state index contributed by atoms with van der Waals surface area (Å²) in [7, 11) is 0. The molecule has 0 atom stereocenters. The first-order chi connectivity index (χ1) is 71.0. The molecule has 0 amide bonds. The van der Waals surface area contributed by atoms with E-state index < -0.39 is 46.6 Å². The monoisotopic (exact) mass is 2050 g/mol. The number of carbonyl (C=O) groups is 2. The average molecular weight is 2050 g/mol. The molecule has 0 radical (unpaired) electrons. The van der Waals surface area contributed by atoms with Gasteiger partial charge >= 0.3 is 12.4 Å². The number of isothiocyanates is 1. The van der Waals surface area contributed by atoms with Crippen molar-refractivity contribution in [1.82, 2.24) is 0 Å². The molecule has 26 nitrogen and oxygen atoms in total. The molecular weight excluding hydrogens is 1930 g/mol. The van der Waals surface area contributed by atoms with Crippen molar-refractivity contribution in [3.63, 3.8) is 0 Å². The number of non-ortho nitro benzene ring substituents is 2. The molecule has 0 aromatic heterocycles. The number of aliphatic imine (C=N–C) groups is 1. The second-order valence-electron chi connectivity index (χ2n) is 32.5. The quantitative estimate of drug-likeness (QED) is 0.00608. The maximum absolute atomic E-state index is 12.4. The zero-order valence-corrected chi connectivity index (χ0v) is 84.6. The fraction of sp³-hybridized carbons (Fsp3) is 0.243. The Bertz CT molecular complexity index is 6320. The van der Waals surface area contributed by atoms with E-state index in [1.165, 1.54) is 54.6 Å². The molecule has 0 aliphatic rings. The van der Waals surface area contributed by atoms with Gasteiger partial charge in [-0.2, -0.15) is 31.3 Å². The highest BCUT2D eigenvalue weighted by atomic mass is 32.1. The molecule has 33 heteroatoms. The third-order valence-electron chi connectivity index (χ3n) is 21.2. The molecule has 0 saturated heterocycles. The number of rotatable bonds is 42. The van der Waals surface area contributed by atoms with Crippen LogP contribution >= 0.6 is 12.2 Å². The summed E-state index contributed by atoms with van der Waals surface area (Å²) in [5, 5.41) is 23.9. The zero-order chi connectivity index (χ0) is 107. The van der Waals surface area contributed by atoms with Crippen LogP contribution in [0, 0.1) is 89.5 Å². The number of halogens is 6. The molecule has 0 heterocycles. The van der Waals surface area contributed by atoms with Gasteiger partial charge < -0.3 is 83.5 Å². The number of hydrogen-bond donors (Lipinski definition) is 3. The number of Topliss-reactive ketones (excluding diaryl/α,β-unsaturated/α-hetero) is 2. The maximum Gasteiger partial charge on any atom is 0.450 e. The molecule has 0 saturated carbocycles. The summed E-state index contributed by atoms with van der Waals surface area (Å²) in [6.45, 7) is 24.6. The number of ketones is 2. The molecule has 0 unspecified atom stereocenters. The summed E-state index contributed by atoms with van der Waals surface area (Å²) in [4.78, 5) is 46.8. The number of nitrogens with zero attached hydrogens (tertiary/aromatic N) is 3. The molecule has 0 bridgehead atoms. The first kappa shape index (κ1) is 116. The lowest BCUT2D eigenvalue weighted by Gasteiger charge is -2.13. The van der Waals surface area contributed by atoms with Crippen LogP contribution in [0.1, 0.15) is 66.8 Å². The molecule has 778 valence electrons. The Morgan fingerprint density at radius 1 is 0.270 bits per heavy atom. The van der Waals surface area contributed by atoms with Crippen molar-refractivity contribution in [2.75, 3.05) is 110 Å². The third kappa shape index (κ3) is 41.9. The van der Waals surface area contributed by atoms with E-state index in [0.29, 0.717) is 112 Å². The smallest absolute Gasteiger partial charge is 0.450 e. The van der Waals surface area contributed by atoms with Crippen molar-refractivity contribution in [3.8, 4) is 80.5 Å². The fourth-order valence-corrected chi connectivity index (χ4v) is 13.2. The number of ether oxygens (including phenoxy) is 14. The first-order valence-corrected chi connectivity index (χ1v) is 47.2. The summed E-state index contributed by atoms with van der Waals surface area (Å²) < 4.78 is 153. The second kappa shape index (κ2) is 62.0. The third-order valence-corrected chi connectivity index (χ3v) is 21.3. The summed E-state index contributed by atoms with van der Waals surface area (Å²) >= 11 is 4.61. The predicted octanol–water partition coefficient (Wildman–Crippen LogP) is 25.7. The average Bonchev–Trinajstić information content (AvgIpc) is 0.855. The van der Waals surface area contributed by atoms with Crippen LogP contribution in [0.25, 0.3) is 0 Å². The number of anilines is 3. The van der Waals surface area contributed by atoms with Crippen LogP contribution in [0.15, 0.2) is 320 Å². The number of nitro groups is 2. The highest BCUT2D eigenvalue weighted by Crippen LogP contribution is 2.33. The standard InChI is InChI=1S/C18H16F3NO5.C18H17F3O3.C17H17NO2S.C16H17NO4.C16H19NO2.C16H18O2.C14H16N2O2/c1-12-6-7-14(22(24)25)11-16(12)27-9-8-26-15-5-3-2-4-13(15)10-17(23)18(19,20)21;1-13-6-2-4-8-15(13)23-10-11-24-16-9-5-3-7-14(16)12-17(22)18(19,20)21;1-13-5-3-4-6-16(13)19-9-10-20-17-11-15(18-12-21)8-7-14(17)2;1-12-5-3-4-6-15(12)20-9-10-21-16-11-14(17(18)19)8-7-13(16)2;1-12-5-3-4-6-15(12)18-9-10-19-16-11-14(17)8-7-13(16)2;1-13-7-3-5-9-15(13)17-11-12-18-16-10-6-4-8-14(16)2;15-11-5-1-3-7-13(11)17-9-10-18-14-8-4-2-6-12(14)16/h2-7,11H,8-10H2,1H3;2-9H,10-12H2,1H3;2*3-8,11H,9-10H2,1-2H3;3-8,11H,9-10,17H2,1-2H3;3-10H,11-12H2,1-2H3;1-8H,9-10,15-16H2. The number of thiocarbonyl (C=S) groups is 1. The number of nitrogen functional groups attached to an aromatic ring is 3. The maximum atomic E-state index is 12.4. The Hall–Kier alpha value is -16.8. The van der Waals surface area contributed by atoms with Gasteiger partial charge in [0.2, 0.25) is 11.6 Å². The van der Waals surface area contributed by atoms with Crippen LogP contribution < -0.4 is 83.5 Å². The molecule has 14 aromatic carbocycles. The molecule has 14 aromatic rings. The number of alkyl halides is 6. The Balaban J connectivity index is 0.000000211. The van der Waals surface area contributed by atoms with Crippen LogP contribution in [0.2, 0.25) is 0 Å². The van der Waals surface area contributed by atoms with Crippen LogP contribution in [-0.2, 0) is 22.4 Å². The van der Waals surface area contributed by atoms with Crippen molar-refractivity contribution >= 4 is 63.1 Å². The SMILES string of the molecule is Cc1ccc([N+](=O)[O-])cc1OCCOc1ccccc1CC(=O)C(F)(F)F.Cc1ccccc1OCCOc1cc(N)ccc1C.Cc1ccccc1OCCOc1cc(N=C=S)ccc1C.Cc1ccccc1OCCOc1cc([N+](=O)[O-])ccc1C.Cc1ccccc1OCCOc1ccccc1C.Cc1ccccc1OCCOc1ccccc1CC(=O)C(F)(F)F.Nc1ccccc1OCCOc1ccccc1N. The lowest BCUT2D eigenvalue weighted by atomic mass is 10.1. The normalized spacial score (nSPS) is 10.4. The van der Waals surface area contributed by atoms with Gasteiger partial charge in [-0.3, -0.25) is 29.8 Å². The number of nitrogens with two attached hydrogens (primary N) is 3. The fourth-order valence-electron chi connectivity index (χ4n) is 13.1. The van der Waals surface area contributed by atoms with Gasteiger partial charge in [0.15, 0.2) is 0 Å². The molecule has 14 rings (SSSR count). The van der Waals surface area contributed by atoms with Gasteiger partial charge in [-0.05, 0) is 234 Å². The minimum absolute atomic E-state index is 0.0145. The van der Waals surface area contributed by atoms with E-state index in [9.17, 15) is 56.2 Å². The van der Waals surface area contributed by atoms with E-state index in [4.69, 9.17) is 83.5 Å². The molecule has 148 heavy (non-hydrogen) atoms. The van der Waals surface area contributed by atoms with Gasteiger partial charge in [-0.15, -0.1) is 0 Å². The van der Waals surface area contributed by atoms with Gasteiger partial charge in [-0.25, -0.2) is 0 Å². The lowest BCUT2D eigenvalue weighted by molar-refractivity contribution is -0.385. The van der Waals surface area contributed by atoms with Crippen LogP contribution in [0.3, 0.4) is 0 Å². The van der Waals surface area contributed by atoms with Crippen molar-refractivity contribution in [3.05, 3.63) is 402 Å². The van der Waals surface area contributed by atoms with Gasteiger partial charge in [0.05, 0.1) is 44.2 Å². The number of para-hydroxylation sites is 12. The number of benzene rings is 14. The Kier molecular flexibility index (Phi) is 48.8. The van der Waals surface area contributed by atoms with Crippen molar-refractivity contribution in [2.45, 2.75) is 94.4 Å². The van der Waals surface area contributed by atoms with Crippen LogP contribution in [0.4, 0.5) is 60.5 Å². The Morgan fingerprint density at radius 2 is 0.473 bits per heavy atom. The summed E-state index contributed by atoms with van der Waals surface area (Å²) in [6.07, 6.45) is -11.3. The zero-order valence-electron chi connectivity index (χ0n) is 83.8. The van der Waals surface area contributed by atoms with E-state index in [-0.39, 0.29) is 60.4 Å². The lowest BCUT2D eigenvalue weighted by Crippen LogP contribution is -2.24. The topological polar surface area (TPSA) is 340 Å². The predicted molar refractivity (Wildman–Crippen MR) is 565 cm³/mol.